The molecule has 7 nitrogen and oxygen atoms in total. The third kappa shape index (κ3) is 4.53. The van der Waals surface area contributed by atoms with E-state index in [1.54, 1.807) is 6.92 Å². The van der Waals surface area contributed by atoms with Gasteiger partial charge in [-0.05, 0) is 31.2 Å². The number of anilines is 2. The molecule has 1 N–H and O–H groups in total. The minimum Gasteiger partial charge on any atom is -0.378 e. The molecule has 0 aromatic heterocycles. The van der Waals surface area contributed by atoms with E-state index in [1.807, 2.05) is 36.1 Å². The highest BCUT2D eigenvalue weighted by Crippen LogP contribution is 2.19. The van der Waals surface area contributed by atoms with Gasteiger partial charge in [-0.15, -0.1) is 0 Å². The van der Waals surface area contributed by atoms with Gasteiger partial charge in [-0.3, -0.25) is 14.5 Å². The van der Waals surface area contributed by atoms with E-state index in [0.29, 0.717) is 13.1 Å². The molecule has 2 heterocycles. The van der Waals surface area contributed by atoms with Gasteiger partial charge >= 0.3 is 0 Å². The fourth-order valence-electron chi connectivity index (χ4n) is 3.41. The van der Waals surface area contributed by atoms with Crippen LogP contribution in [0.5, 0.6) is 0 Å². The van der Waals surface area contributed by atoms with E-state index < -0.39 is 0 Å². The highest BCUT2D eigenvalue weighted by atomic mass is 16.5. The molecule has 1 aromatic rings. The summed E-state index contributed by atoms with van der Waals surface area (Å²) in [6.07, 6.45) is 0. The molecule has 0 spiro atoms. The molecular formula is C19H28N4O3. The molecular weight excluding hydrogens is 332 g/mol. The third-order valence-corrected chi connectivity index (χ3v) is 5.20. The predicted octanol–water partition coefficient (Wildman–Crippen LogP) is 1.01. The second-order valence-electron chi connectivity index (χ2n) is 6.85. The normalized spacial score (nSPS) is 19.9. The number of nitrogens with one attached hydrogen (secondary N) is 1. The molecule has 7 heteroatoms. The van der Waals surface area contributed by atoms with Gasteiger partial charge in [-0.2, -0.15) is 0 Å². The Kier molecular flexibility index (Phi) is 6.11. The van der Waals surface area contributed by atoms with Crippen LogP contribution < -0.4 is 10.2 Å². The lowest BCUT2D eigenvalue weighted by atomic mass is 10.2. The van der Waals surface area contributed by atoms with E-state index in [-0.39, 0.29) is 17.9 Å². The van der Waals surface area contributed by atoms with Crippen molar-refractivity contribution in [2.24, 2.45) is 0 Å². The first-order valence-corrected chi connectivity index (χ1v) is 9.28. The Labute approximate surface area is 154 Å². The Morgan fingerprint density at radius 2 is 1.62 bits per heavy atom. The first-order valence-electron chi connectivity index (χ1n) is 9.28. The van der Waals surface area contributed by atoms with E-state index >= 15 is 0 Å². The van der Waals surface area contributed by atoms with Gasteiger partial charge in [0.25, 0.3) is 0 Å². The summed E-state index contributed by atoms with van der Waals surface area (Å²) >= 11 is 0. The Balaban J connectivity index is 1.51. The lowest BCUT2D eigenvalue weighted by Gasteiger charge is -2.37. The van der Waals surface area contributed by atoms with Crippen molar-refractivity contribution in [3.63, 3.8) is 0 Å². The Bertz CT molecular complexity index is 620. The average Bonchev–Trinajstić information content (AvgIpc) is 2.68. The second kappa shape index (κ2) is 8.51. The number of carbonyl (C=O) groups excluding carboxylic acids is 2. The smallest absolute Gasteiger partial charge is 0.241 e. The fourth-order valence-corrected chi connectivity index (χ4v) is 3.41. The number of benzene rings is 1. The van der Waals surface area contributed by atoms with Crippen LogP contribution >= 0.6 is 0 Å². The molecule has 142 valence electrons. The van der Waals surface area contributed by atoms with Crippen LogP contribution in [0, 0.1) is 0 Å². The van der Waals surface area contributed by atoms with Gasteiger partial charge in [-0.25, -0.2) is 0 Å². The zero-order chi connectivity index (χ0) is 18.5. The summed E-state index contributed by atoms with van der Waals surface area (Å²) in [5.41, 5.74) is 1.96. The molecule has 1 unspecified atom stereocenters. The molecule has 2 amide bonds. The van der Waals surface area contributed by atoms with Gasteiger partial charge in [0.2, 0.25) is 11.8 Å². The Hall–Kier alpha value is -2.12. The maximum absolute atomic E-state index is 12.6. The first kappa shape index (κ1) is 18.7. The van der Waals surface area contributed by atoms with Gasteiger partial charge in [-0.1, -0.05) is 0 Å². The molecule has 2 saturated heterocycles. The summed E-state index contributed by atoms with van der Waals surface area (Å²) < 4.78 is 5.38. The van der Waals surface area contributed by atoms with Gasteiger partial charge in [0, 0.05) is 57.6 Å². The van der Waals surface area contributed by atoms with Crippen molar-refractivity contribution >= 4 is 23.2 Å². The molecule has 2 fully saturated rings. The van der Waals surface area contributed by atoms with Crippen LogP contribution in [0.4, 0.5) is 11.4 Å². The SMILES string of the molecule is CC(=O)N1CCN(C(C)C(=O)Nc2ccc(N3CCOCC3)cc2)CC1. The van der Waals surface area contributed by atoms with Crippen molar-refractivity contribution < 1.29 is 14.3 Å². The summed E-state index contributed by atoms with van der Waals surface area (Å²) in [6.45, 7) is 9.63. The van der Waals surface area contributed by atoms with Gasteiger partial charge in [0.1, 0.15) is 0 Å². The number of hydrogen-bond acceptors (Lipinski definition) is 5. The van der Waals surface area contributed by atoms with Gasteiger partial charge < -0.3 is 19.9 Å². The fraction of sp³-hybridized carbons (Fsp3) is 0.579. The number of rotatable bonds is 4. The van der Waals surface area contributed by atoms with E-state index in [0.717, 1.165) is 50.8 Å². The van der Waals surface area contributed by atoms with E-state index in [9.17, 15) is 9.59 Å². The number of hydrogen-bond donors (Lipinski definition) is 1. The van der Waals surface area contributed by atoms with Crippen molar-refractivity contribution in [3.8, 4) is 0 Å². The summed E-state index contributed by atoms with van der Waals surface area (Å²) in [4.78, 5) is 30.2. The third-order valence-electron chi connectivity index (χ3n) is 5.20. The highest BCUT2D eigenvalue weighted by molar-refractivity contribution is 5.94. The number of nitrogens with zero attached hydrogens (tertiary/aromatic N) is 3. The van der Waals surface area contributed by atoms with E-state index in [2.05, 4.69) is 15.1 Å². The number of morpholine rings is 1. The van der Waals surface area contributed by atoms with Crippen LogP contribution in [0.25, 0.3) is 0 Å². The van der Waals surface area contributed by atoms with Crippen LogP contribution in [0.3, 0.4) is 0 Å². The quantitative estimate of drug-likeness (QED) is 0.868. The molecule has 0 radical (unpaired) electrons. The summed E-state index contributed by atoms with van der Waals surface area (Å²) in [7, 11) is 0. The second-order valence-corrected chi connectivity index (χ2v) is 6.85. The van der Waals surface area contributed by atoms with E-state index in [4.69, 9.17) is 4.74 Å². The molecule has 2 aliphatic heterocycles. The van der Waals surface area contributed by atoms with Gasteiger partial charge in [0.05, 0.1) is 19.3 Å². The number of amides is 2. The van der Waals surface area contributed by atoms with E-state index in [1.165, 1.54) is 0 Å². The molecule has 0 bridgehead atoms. The molecule has 26 heavy (non-hydrogen) atoms. The van der Waals surface area contributed by atoms with Crippen LogP contribution in [-0.2, 0) is 14.3 Å². The zero-order valence-corrected chi connectivity index (χ0v) is 15.6. The Morgan fingerprint density at radius 3 is 2.19 bits per heavy atom. The van der Waals surface area contributed by atoms with Crippen molar-refractivity contribution in [2.75, 3.05) is 62.7 Å². The minimum atomic E-state index is -0.219. The zero-order valence-electron chi connectivity index (χ0n) is 15.6. The van der Waals surface area contributed by atoms with Crippen LogP contribution in [0.15, 0.2) is 24.3 Å². The lowest BCUT2D eigenvalue weighted by Crippen LogP contribution is -2.53. The van der Waals surface area contributed by atoms with Crippen LogP contribution in [-0.4, -0.2) is 80.1 Å². The summed E-state index contributed by atoms with van der Waals surface area (Å²) in [5.74, 6) is 0.0857. The molecule has 2 aliphatic rings. The van der Waals surface area contributed by atoms with Crippen molar-refractivity contribution in [2.45, 2.75) is 19.9 Å². The monoisotopic (exact) mass is 360 g/mol. The largest absolute Gasteiger partial charge is 0.378 e. The molecule has 3 rings (SSSR count). The molecule has 0 aliphatic carbocycles. The Morgan fingerprint density at radius 1 is 1.00 bits per heavy atom. The van der Waals surface area contributed by atoms with Crippen LogP contribution in [0.2, 0.25) is 0 Å². The number of ether oxygens (including phenoxy) is 1. The maximum Gasteiger partial charge on any atom is 0.241 e. The topological polar surface area (TPSA) is 65.1 Å². The average molecular weight is 360 g/mol. The molecule has 1 aromatic carbocycles. The van der Waals surface area contributed by atoms with Crippen molar-refractivity contribution in [3.05, 3.63) is 24.3 Å². The van der Waals surface area contributed by atoms with Crippen molar-refractivity contribution in [1.82, 2.24) is 9.80 Å². The summed E-state index contributed by atoms with van der Waals surface area (Å²) in [5, 5.41) is 3.00. The minimum absolute atomic E-state index is 0.0135. The van der Waals surface area contributed by atoms with Crippen molar-refractivity contribution in [1.29, 1.82) is 0 Å². The van der Waals surface area contributed by atoms with Crippen LogP contribution in [0.1, 0.15) is 13.8 Å². The number of piperazine rings is 1. The standard InChI is InChI=1S/C19H28N4O3/c1-15(21-7-9-22(10-8-21)16(2)24)19(25)20-17-3-5-18(6-4-17)23-11-13-26-14-12-23/h3-6,15H,7-14H2,1-2H3,(H,20,25). The molecule has 1 atom stereocenters. The van der Waals surface area contributed by atoms with Gasteiger partial charge in [0.15, 0.2) is 0 Å². The maximum atomic E-state index is 12.6. The summed E-state index contributed by atoms with van der Waals surface area (Å²) in [6, 6.07) is 7.75. The first-order chi connectivity index (χ1) is 12.5. The number of carbonyl (C=O) groups is 2. The predicted molar refractivity (Wildman–Crippen MR) is 101 cm³/mol. The highest BCUT2D eigenvalue weighted by Gasteiger charge is 2.26. The lowest BCUT2D eigenvalue weighted by molar-refractivity contribution is -0.131. The molecule has 0 saturated carbocycles.